The molecule has 68 valence electrons. The monoisotopic (exact) mass is 157 g/mol. The van der Waals surface area contributed by atoms with Crippen molar-refractivity contribution in [2.75, 3.05) is 20.1 Å². The van der Waals surface area contributed by atoms with Gasteiger partial charge < -0.3 is 10.2 Å². The van der Waals surface area contributed by atoms with Crippen LogP contribution >= 0.6 is 0 Å². The molecule has 0 radical (unpaired) electrons. The minimum Gasteiger partial charge on any atom is -0.664 e. The lowest BCUT2D eigenvalue weighted by molar-refractivity contribution is 0.183. The highest BCUT2D eigenvalue weighted by molar-refractivity contribution is 4.76. The molecule has 0 atom stereocenters. The van der Waals surface area contributed by atoms with Crippen LogP contribution in [0.2, 0.25) is 0 Å². The van der Waals surface area contributed by atoms with E-state index < -0.39 is 0 Å². The molecule has 2 heteroatoms. The topological polar surface area (TPSA) is 17.3 Å². The van der Waals surface area contributed by atoms with Crippen molar-refractivity contribution >= 4 is 0 Å². The van der Waals surface area contributed by atoms with E-state index in [2.05, 4.69) is 37.9 Å². The van der Waals surface area contributed by atoms with E-state index in [1.165, 1.54) is 0 Å². The van der Waals surface area contributed by atoms with Crippen molar-refractivity contribution in [2.24, 2.45) is 0 Å². The standard InChI is InChI=1S/C9H21N2/c1-8(2)11(9(3)4)7-6-10-5/h8-9H,6-7H2,1-5H3/q-1. The third kappa shape index (κ3) is 4.38. The number of rotatable bonds is 5. The molecule has 0 aliphatic heterocycles. The van der Waals surface area contributed by atoms with Crippen LogP contribution in [0.25, 0.3) is 5.32 Å². The van der Waals surface area contributed by atoms with Gasteiger partial charge >= 0.3 is 0 Å². The van der Waals surface area contributed by atoms with Crippen LogP contribution in [0.5, 0.6) is 0 Å². The Morgan fingerprint density at radius 3 is 1.82 bits per heavy atom. The van der Waals surface area contributed by atoms with Gasteiger partial charge in [-0.3, -0.25) is 0 Å². The molecule has 2 nitrogen and oxygen atoms in total. The summed E-state index contributed by atoms with van der Waals surface area (Å²) in [4.78, 5) is 2.45. The molecule has 0 fully saturated rings. The summed E-state index contributed by atoms with van der Waals surface area (Å²) in [5.41, 5.74) is 0. The van der Waals surface area contributed by atoms with Crippen molar-refractivity contribution in [2.45, 2.75) is 39.8 Å². The molecular weight excluding hydrogens is 136 g/mol. The van der Waals surface area contributed by atoms with E-state index in [1.807, 2.05) is 7.05 Å². The van der Waals surface area contributed by atoms with E-state index in [0.29, 0.717) is 12.1 Å². The molecule has 0 aliphatic carbocycles. The average molecular weight is 157 g/mol. The molecule has 0 aromatic rings. The molecule has 0 aliphatic rings. The van der Waals surface area contributed by atoms with Gasteiger partial charge in [0.1, 0.15) is 0 Å². The molecule has 0 amide bonds. The van der Waals surface area contributed by atoms with E-state index in [9.17, 15) is 0 Å². The largest absolute Gasteiger partial charge is 0.664 e. The highest BCUT2D eigenvalue weighted by Gasteiger charge is 2.09. The Bertz CT molecular complexity index is 81.6. The maximum atomic E-state index is 4.10. The van der Waals surface area contributed by atoms with Gasteiger partial charge in [-0.25, -0.2) is 0 Å². The summed E-state index contributed by atoms with van der Waals surface area (Å²) in [6.45, 7) is 11.0. The lowest BCUT2D eigenvalue weighted by Gasteiger charge is -2.32. The number of hydrogen-bond donors (Lipinski definition) is 0. The van der Waals surface area contributed by atoms with E-state index in [-0.39, 0.29) is 0 Å². The Labute approximate surface area is 71.0 Å². The van der Waals surface area contributed by atoms with Crippen LogP contribution in [-0.2, 0) is 0 Å². The molecule has 0 aromatic heterocycles. The summed E-state index contributed by atoms with van der Waals surface area (Å²) >= 11 is 0. The lowest BCUT2D eigenvalue weighted by Crippen LogP contribution is -2.38. The molecule has 0 saturated carbocycles. The van der Waals surface area contributed by atoms with Gasteiger partial charge in [-0.15, -0.1) is 6.54 Å². The highest BCUT2D eigenvalue weighted by Crippen LogP contribution is 2.04. The minimum atomic E-state index is 0.636. The zero-order chi connectivity index (χ0) is 8.85. The average Bonchev–Trinajstić information content (AvgIpc) is 1.87. The fraction of sp³-hybridized carbons (Fsp3) is 1.00. The Morgan fingerprint density at radius 1 is 1.09 bits per heavy atom. The molecule has 0 aromatic carbocycles. The molecule has 0 unspecified atom stereocenters. The maximum absolute atomic E-state index is 4.10. The maximum Gasteiger partial charge on any atom is 0.00405 e. The van der Waals surface area contributed by atoms with E-state index in [1.54, 1.807) is 0 Å². The smallest absolute Gasteiger partial charge is 0.00405 e. The first-order valence-electron chi connectivity index (χ1n) is 4.41. The van der Waals surface area contributed by atoms with Crippen molar-refractivity contribution in [3.8, 4) is 0 Å². The van der Waals surface area contributed by atoms with Crippen molar-refractivity contribution in [3.63, 3.8) is 0 Å². The van der Waals surface area contributed by atoms with E-state index in [4.69, 9.17) is 0 Å². The number of likely N-dealkylation sites (N-methyl/N-ethyl adjacent to an activating group) is 1. The zero-order valence-electron chi connectivity index (χ0n) is 8.46. The van der Waals surface area contributed by atoms with Crippen molar-refractivity contribution < 1.29 is 0 Å². The fourth-order valence-corrected chi connectivity index (χ4v) is 1.33. The van der Waals surface area contributed by atoms with E-state index >= 15 is 0 Å². The Balaban J connectivity index is 3.70. The first kappa shape index (κ1) is 10.9. The first-order chi connectivity index (χ1) is 5.09. The van der Waals surface area contributed by atoms with E-state index in [0.717, 1.165) is 13.1 Å². The minimum absolute atomic E-state index is 0.636. The van der Waals surface area contributed by atoms with Gasteiger partial charge in [-0.05, 0) is 34.2 Å². The summed E-state index contributed by atoms with van der Waals surface area (Å²) < 4.78 is 0. The van der Waals surface area contributed by atoms with Crippen LogP contribution in [0.15, 0.2) is 0 Å². The second-order valence-electron chi connectivity index (χ2n) is 3.47. The van der Waals surface area contributed by atoms with Crippen LogP contribution in [0.4, 0.5) is 0 Å². The van der Waals surface area contributed by atoms with Crippen molar-refractivity contribution in [3.05, 3.63) is 5.32 Å². The summed E-state index contributed by atoms with van der Waals surface area (Å²) in [6.07, 6.45) is 0. The molecule has 0 N–H and O–H groups in total. The van der Waals surface area contributed by atoms with Crippen LogP contribution in [-0.4, -0.2) is 37.1 Å². The Hall–Kier alpha value is -0.0800. The fourth-order valence-electron chi connectivity index (χ4n) is 1.33. The quantitative estimate of drug-likeness (QED) is 0.597. The van der Waals surface area contributed by atoms with Crippen molar-refractivity contribution in [1.82, 2.24) is 4.90 Å². The van der Waals surface area contributed by atoms with Crippen LogP contribution in [0.3, 0.4) is 0 Å². The first-order valence-corrected chi connectivity index (χ1v) is 4.41. The molecule has 0 saturated heterocycles. The third-order valence-corrected chi connectivity index (χ3v) is 1.91. The predicted molar refractivity (Wildman–Crippen MR) is 51.1 cm³/mol. The van der Waals surface area contributed by atoms with Gasteiger partial charge in [0, 0.05) is 12.1 Å². The lowest BCUT2D eigenvalue weighted by atomic mass is 10.2. The van der Waals surface area contributed by atoms with Gasteiger partial charge in [0.05, 0.1) is 0 Å². The molecule has 0 bridgehead atoms. The van der Waals surface area contributed by atoms with Gasteiger partial charge in [-0.2, -0.15) is 7.05 Å². The third-order valence-electron chi connectivity index (χ3n) is 1.91. The molecule has 11 heavy (non-hydrogen) atoms. The number of hydrogen-bond acceptors (Lipinski definition) is 1. The SMILES string of the molecule is C[N-]CCN(C(C)C)C(C)C. The van der Waals surface area contributed by atoms with Gasteiger partial charge in [-0.1, -0.05) is 0 Å². The van der Waals surface area contributed by atoms with Gasteiger partial charge in [0.25, 0.3) is 0 Å². The van der Waals surface area contributed by atoms with Crippen molar-refractivity contribution in [1.29, 1.82) is 0 Å². The molecular formula is C9H21N2-. The number of nitrogens with zero attached hydrogens (tertiary/aromatic N) is 2. The summed E-state index contributed by atoms with van der Waals surface area (Å²) in [5.74, 6) is 0. The molecule has 0 heterocycles. The Kier molecular flexibility index (Phi) is 5.51. The van der Waals surface area contributed by atoms with Crippen LogP contribution in [0, 0.1) is 0 Å². The second kappa shape index (κ2) is 5.56. The zero-order valence-corrected chi connectivity index (χ0v) is 8.46. The summed E-state index contributed by atoms with van der Waals surface area (Å²) in [7, 11) is 1.87. The van der Waals surface area contributed by atoms with Crippen LogP contribution in [0.1, 0.15) is 27.7 Å². The predicted octanol–water partition coefficient (Wildman–Crippen LogP) is 2.11. The highest BCUT2D eigenvalue weighted by atomic mass is 15.2. The second-order valence-corrected chi connectivity index (χ2v) is 3.47. The molecule has 0 spiro atoms. The molecule has 0 rings (SSSR count). The van der Waals surface area contributed by atoms with Crippen LogP contribution < -0.4 is 0 Å². The normalized spacial score (nSPS) is 12.0. The Morgan fingerprint density at radius 2 is 1.55 bits per heavy atom. The summed E-state index contributed by atoms with van der Waals surface area (Å²) in [5, 5.41) is 4.10. The summed E-state index contributed by atoms with van der Waals surface area (Å²) in [6, 6.07) is 1.27. The van der Waals surface area contributed by atoms with Gasteiger partial charge in [0.2, 0.25) is 0 Å². The van der Waals surface area contributed by atoms with Gasteiger partial charge in [0.15, 0.2) is 0 Å².